The van der Waals surface area contributed by atoms with Crippen molar-refractivity contribution in [3.8, 4) is 11.5 Å². The van der Waals surface area contributed by atoms with Crippen LogP contribution in [0.15, 0.2) is 12.1 Å². The number of benzene rings is 1. The van der Waals surface area contributed by atoms with Gasteiger partial charge in [0.2, 0.25) is 0 Å². The van der Waals surface area contributed by atoms with Crippen molar-refractivity contribution in [2.24, 2.45) is 5.84 Å². The van der Waals surface area contributed by atoms with Crippen LogP contribution in [-0.4, -0.2) is 19.1 Å². The van der Waals surface area contributed by atoms with Crippen LogP contribution in [0.3, 0.4) is 0 Å². The fourth-order valence-corrected chi connectivity index (χ4v) is 1.58. The lowest BCUT2D eigenvalue weighted by Crippen LogP contribution is -2.31. The van der Waals surface area contributed by atoms with Crippen molar-refractivity contribution in [1.29, 1.82) is 0 Å². The van der Waals surface area contributed by atoms with Crippen LogP contribution in [0, 0.1) is 6.92 Å². The maximum atomic E-state index is 11.4. The van der Waals surface area contributed by atoms with Crippen LogP contribution >= 0.6 is 0 Å². The van der Waals surface area contributed by atoms with Gasteiger partial charge in [0, 0.05) is 11.1 Å². The standard InChI is InChI=1S/C10H12N2O3/c1-6-7(10(13)12-11)2-3-8-9(6)15-5-4-14-8/h2-3H,4-5,11H2,1H3,(H,12,13). The van der Waals surface area contributed by atoms with Crippen LogP contribution in [0.25, 0.3) is 0 Å². The largest absolute Gasteiger partial charge is 0.486 e. The van der Waals surface area contributed by atoms with Gasteiger partial charge < -0.3 is 9.47 Å². The molecule has 1 aliphatic rings. The van der Waals surface area contributed by atoms with Gasteiger partial charge in [0.15, 0.2) is 11.5 Å². The third-order valence-electron chi connectivity index (χ3n) is 2.33. The summed E-state index contributed by atoms with van der Waals surface area (Å²) in [7, 11) is 0. The number of nitrogen functional groups attached to an aromatic ring is 1. The number of nitrogens with one attached hydrogen (secondary N) is 1. The van der Waals surface area contributed by atoms with Crippen molar-refractivity contribution in [2.45, 2.75) is 6.92 Å². The highest BCUT2D eigenvalue weighted by Crippen LogP contribution is 2.35. The molecule has 0 saturated carbocycles. The number of hydrogen-bond acceptors (Lipinski definition) is 4. The highest BCUT2D eigenvalue weighted by molar-refractivity contribution is 5.96. The zero-order valence-corrected chi connectivity index (χ0v) is 8.37. The van der Waals surface area contributed by atoms with Crippen molar-refractivity contribution in [1.82, 2.24) is 5.43 Å². The second-order valence-corrected chi connectivity index (χ2v) is 3.24. The van der Waals surface area contributed by atoms with Crippen molar-refractivity contribution < 1.29 is 14.3 Å². The Bertz CT molecular complexity index is 404. The number of nitrogens with two attached hydrogens (primary N) is 1. The van der Waals surface area contributed by atoms with E-state index in [0.29, 0.717) is 30.3 Å². The Labute approximate surface area is 87.1 Å². The van der Waals surface area contributed by atoms with E-state index in [-0.39, 0.29) is 5.91 Å². The van der Waals surface area contributed by atoms with Gasteiger partial charge >= 0.3 is 0 Å². The lowest BCUT2D eigenvalue weighted by molar-refractivity contribution is 0.0951. The monoisotopic (exact) mass is 208 g/mol. The first-order chi connectivity index (χ1) is 7.24. The Morgan fingerprint density at radius 2 is 2.13 bits per heavy atom. The Morgan fingerprint density at radius 1 is 1.40 bits per heavy atom. The van der Waals surface area contributed by atoms with E-state index in [1.165, 1.54) is 0 Å². The van der Waals surface area contributed by atoms with E-state index in [2.05, 4.69) is 5.43 Å². The molecular weight excluding hydrogens is 196 g/mol. The van der Waals surface area contributed by atoms with Crippen LogP contribution in [-0.2, 0) is 0 Å². The average Bonchev–Trinajstić information content (AvgIpc) is 2.29. The molecule has 5 nitrogen and oxygen atoms in total. The molecule has 0 fully saturated rings. The SMILES string of the molecule is Cc1c(C(=O)NN)ccc2c1OCCO2. The van der Waals surface area contributed by atoms with Gasteiger partial charge in [-0.25, -0.2) is 5.84 Å². The molecule has 80 valence electrons. The summed E-state index contributed by atoms with van der Waals surface area (Å²) in [6, 6.07) is 3.39. The topological polar surface area (TPSA) is 73.6 Å². The third-order valence-corrected chi connectivity index (χ3v) is 2.33. The normalized spacial score (nSPS) is 13.5. The first-order valence-electron chi connectivity index (χ1n) is 4.64. The summed E-state index contributed by atoms with van der Waals surface area (Å²) in [6.07, 6.45) is 0. The fraction of sp³-hybridized carbons (Fsp3) is 0.300. The molecule has 2 rings (SSSR count). The van der Waals surface area contributed by atoms with Crippen LogP contribution < -0.4 is 20.7 Å². The number of carbonyl (C=O) groups excluding carboxylic acids is 1. The summed E-state index contributed by atoms with van der Waals surface area (Å²) in [5, 5.41) is 0. The quantitative estimate of drug-likeness (QED) is 0.397. The van der Waals surface area contributed by atoms with Gasteiger partial charge in [-0.1, -0.05) is 0 Å². The lowest BCUT2D eigenvalue weighted by Gasteiger charge is -2.21. The van der Waals surface area contributed by atoms with Gasteiger partial charge in [-0.05, 0) is 19.1 Å². The summed E-state index contributed by atoms with van der Waals surface area (Å²) in [5.41, 5.74) is 3.34. The Kier molecular flexibility index (Phi) is 2.47. The molecule has 1 aromatic rings. The van der Waals surface area contributed by atoms with E-state index < -0.39 is 0 Å². The number of fused-ring (bicyclic) bond motifs is 1. The molecule has 0 bridgehead atoms. The van der Waals surface area contributed by atoms with Crippen LogP contribution in [0.5, 0.6) is 11.5 Å². The van der Waals surface area contributed by atoms with Gasteiger partial charge in [0.25, 0.3) is 5.91 Å². The first-order valence-corrected chi connectivity index (χ1v) is 4.64. The van der Waals surface area contributed by atoms with E-state index in [1.54, 1.807) is 19.1 Å². The van der Waals surface area contributed by atoms with Crippen LogP contribution in [0.2, 0.25) is 0 Å². The first kappa shape index (κ1) is 9.79. The Hall–Kier alpha value is -1.75. The molecule has 1 aliphatic heterocycles. The summed E-state index contributed by atoms with van der Waals surface area (Å²) < 4.78 is 10.8. The van der Waals surface area contributed by atoms with Gasteiger partial charge in [-0.3, -0.25) is 10.2 Å². The van der Waals surface area contributed by atoms with Crippen LogP contribution in [0.1, 0.15) is 15.9 Å². The van der Waals surface area contributed by atoms with Gasteiger partial charge in [0.05, 0.1) is 0 Å². The predicted octanol–water partition coefficient (Wildman–Crippen LogP) is 0.370. The smallest absolute Gasteiger partial charge is 0.265 e. The van der Waals surface area contributed by atoms with Crippen LogP contribution in [0.4, 0.5) is 0 Å². The van der Waals surface area contributed by atoms with Crippen molar-refractivity contribution >= 4 is 5.91 Å². The molecule has 0 saturated heterocycles. The number of ether oxygens (including phenoxy) is 2. The molecule has 5 heteroatoms. The lowest BCUT2D eigenvalue weighted by atomic mass is 10.1. The van der Waals surface area contributed by atoms with E-state index in [1.807, 2.05) is 0 Å². The highest BCUT2D eigenvalue weighted by atomic mass is 16.6. The van der Waals surface area contributed by atoms with Gasteiger partial charge in [-0.15, -0.1) is 0 Å². The average molecular weight is 208 g/mol. The highest BCUT2D eigenvalue weighted by Gasteiger charge is 2.19. The third kappa shape index (κ3) is 1.61. The Balaban J connectivity index is 2.47. The molecule has 0 spiro atoms. The minimum absolute atomic E-state index is 0.329. The molecule has 0 radical (unpaired) electrons. The second kappa shape index (κ2) is 3.78. The minimum atomic E-state index is -0.329. The number of amides is 1. The molecule has 0 aliphatic carbocycles. The maximum Gasteiger partial charge on any atom is 0.265 e. The number of rotatable bonds is 1. The molecule has 0 atom stereocenters. The molecule has 1 aromatic carbocycles. The summed E-state index contributed by atoms with van der Waals surface area (Å²) >= 11 is 0. The number of hydrazine groups is 1. The molecule has 1 heterocycles. The number of carbonyl (C=O) groups is 1. The summed E-state index contributed by atoms with van der Waals surface area (Å²) in [6.45, 7) is 2.84. The van der Waals surface area contributed by atoms with E-state index in [9.17, 15) is 4.79 Å². The zero-order chi connectivity index (χ0) is 10.8. The summed E-state index contributed by atoms with van der Waals surface area (Å²) in [4.78, 5) is 11.4. The molecule has 0 aromatic heterocycles. The van der Waals surface area contributed by atoms with E-state index >= 15 is 0 Å². The van der Waals surface area contributed by atoms with Crippen molar-refractivity contribution in [3.05, 3.63) is 23.3 Å². The van der Waals surface area contributed by atoms with Crippen molar-refractivity contribution in [2.75, 3.05) is 13.2 Å². The zero-order valence-electron chi connectivity index (χ0n) is 8.37. The fourth-order valence-electron chi connectivity index (χ4n) is 1.58. The maximum absolute atomic E-state index is 11.4. The molecule has 15 heavy (non-hydrogen) atoms. The molecular formula is C10H12N2O3. The van der Waals surface area contributed by atoms with Gasteiger partial charge in [0.1, 0.15) is 13.2 Å². The predicted molar refractivity (Wildman–Crippen MR) is 53.8 cm³/mol. The summed E-state index contributed by atoms with van der Waals surface area (Å²) in [5.74, 6) is 6.05. The molecule has 0 unspecified atom stereocenters. The molecule has 3 N–H and O–H groups in total. The molecule has 1 amide bonds. The number of hydrogen-bond donors (Lipinski definition) is 2. The van der Waals surface area contributed by atoms with Gasteiger partial charge in [-0.2, -0.15) is 0 Å². The van der Waals surface area contributed by atoms with E-state index in [4.69, 9.17) is 15.3 Å². The van der Waals surface area contributed by atoms with E-state index in [0.717, 1.165) is 5.56 Å². The second-order valence-electron chi connectivity index (χ2n) is 3.24. The Morgan fingerprint density at radius 3 is 2.87 bits per heavy atom. The van der Waals surface area contributed by atoms with Crippen molar-refractivity contribution in [3.63, 3.8) is 0 Å². The minimum Gasteiger partial charge on any atom is -0.486 e.